The number of hydrogen-bond donors (Lipinski definition) is 3. The third-order valence-corrected chi connectivity index (χ3v) is 3.65. The summed E-state index contributed by atoms with van der Waals surface area (Å²) in [7, 11) is 0. The number of carbonyl (C=O) groups is 3. The second-order valence-electron chi connectivity index (χ2n) is 7.00. The molecule has 0 saturated heterocycles. The molecule has 0 aliphatic carbocycles. The molecule has 0 bridgehead atoms. The van der Waals surface area contributed by atoms with Gasteiger partial charge in [-0.2, -0.15) is 0 Å². The number of para-hydroxylation sites is 2. The van der Waals surface area contributed by atoms with Gasteiger partial charge in [0.05, 0.1) is 17.7 Å². The third kappa shape index (κ3) is 5.73. The van der Waals surface area contributed by atoms with E-state index in [1.807, 2.05) is 20.8 Å². The molecule has 1 heterocycles. The molecule has 2 unspecified atom stereocenters. The molecule has 1 aromatic carbocycles. The largest absolute Gasteiger partial charge is 0.480 e. The number of fused-ring (bicyclic) bond motifs is 1. The second kappa shape index (κ2) is 8.18. The molecule has 1 aliphatic heterocycles. The Labute approximate surface area is 151 Å². The van der Waals surface area contributed by atoms with E-state index in [9.17, 15) is 19.5 Å². The molecule has 0 fully saturated rings. The molecular formula is C18H24N2O6. The van der Waals surface area contributed by atoms with E-state index in [1.165, 1.54) is 0 Å². The van der Waals surface area contributed by atoms with Crippen molar-refractivity contribution in [3.63, 3.8) is 0 Å². The Hall–Kier alpha value is -2.61. The Morgan fingerprint density at radius 2 is 2.04 bits per heavy atom. The number of carboxylic acid groups (broad SMARTS) is 1. The van der Waals surface area contributed by atoms with Crippen LogP contribution < -0.4 is 15.4 Å². The molecule has 2 amide bonds. The topological polar surface area (TPSA) is 114 Å². The van der Waals surface area contributed by atoms with Crippen LogP contribution in [0.1, 0.15) is 33.6 Å². The van der Waals surface area contributed by atoms with Gasteiger partial charge in [0.15, 0.2) is 6.10 Å². The monoisotopic (exact) mass is 364 g/mol. The van der Waals surface area contributed by atoms with Crippen LogP contribution in [-0.4, -0.2) is 47.2 Å². The number of benzene rings is 1. The van der Waals surface area contributed by atoms with Gasteiger partial charge in [0.2, 0.25) is 5.91 Å². The van der Waals surface area contributed by atoms with Crippen molar-refractivity contribution in [1.29, 1.82) is 0 Å². The number of anilines is 1. The van der Waals surface area contributed by atoms with E-state index in [4.69, 9.17) is 9.47 Å². The van der Waals surface area contributed by atoms with Crippen LogP contribution in [-0.2, 0) is 19.1 Å². The fraction of sp³-hybridized carbons (Fsp3) is 0.500. The van der Waals surface area contributed by atoms with Gasteiger partial charge in [-0.15, -0.1) is 0 Å². The van der Waals surface area contributed by atoms with E-state index in [1.54, 1.807) is 24.3 Å². The smallest absolute Gasteiger partial charge is 0.326 e. The van der Waals surface area contributed by atoms with Gasteiger partial charge in [0.1, 0.15) is 11.8 Å². The first-order chi connectivity index (χ1) is 12.2. The number of amides is 2. The molecule has 1 aromatic rings. The predicted molar refractivity (Wildman–Crippen MR) is 94.0 cm³/mol. The van der Waals surface area contributed by atoms with Gasteiger partial charge >= 0.3 is 5.97 Å². The van der Waals surface area contributed by atoms with Crippen molar-refractivity contribution in [3.8, 4) is 5.75 Å². The Morgan fingerprint density at radius 1 is 1.35 bits per heavy atom. The summed E-state index contributed by atoms with van der Waals surface area (Å²) in [5, 5.41) is 14.3. The Morgan fingerprint density at radius 3 is 2.69 bits per heavy atom. The summed E-state index contributed by atoms with van der Waals surface area (Å²) in [6.07, 6.45) is -1.16. The molecule has 0 aromatic heterocycles. The first kappa shape index (κ1) is 19.7. The van der Waals surface area contributed by atoms with E-state index < -0.39 is 35.5 Å². The molecule has 2 rings (SSSR count). The fourth-order valence-electron chi connectivity index (χ4n) is 2.39. The van der Waals surface area contributed by atoms with Gasteiger partial charge in [-0.25, -0.2) is 4.79 Å². The maximum Gasteiger partial charge on any atom is 0.326 e. The fourth-order valence-corrected chi connectivity index (χ4v) is 2.39. The molecule has 8 nitrogen and oxygen atoms in total. The van der Waals surface area contributed by atoms with Gasteiger partial charge in [-0.05, 0) is 32.9 Å². The Bertz CT molecular complexity index is 683. The number of aliphatic carboxylic acids is 1. The van der Waals surface area contributed by atoms with E-state index in [-0.39, 0.29) is 19.4 Å². The van der Waals surface area contributed by atoms with Crippen LogP contribution in [0.5, 0.6) is 5.75 Å². The lowest BCUT2D eigenvalue weighted by molar-refractivity contribution is -0.143. The molecule has 26 heavy (non-hydrogen) atoms. The summed E-state index contributed by atoms with van der Waals surface area (Å²) in [6.45, 7) is 5.77. The molecule has 8 heteroatoms. The zero-order chi connectivity index (χ0) is 19.3. The second-order valence-corrected chi connectivity index (χ2v) is 7.00. The van der Waals surface area contributed by atoms with E-state index in [2.05, 4.69) is 10.6 Å². The first-order valence-electron chi connectivity index (χ1n) is 8.38. The minimum Gasteiger partial charge on any atom is -0.480 e. The van der Waals surface area contributed by atoms with Crippen molar-refractivity contribution in [2.75, 3.05) is 11.9 Å². The first-order valence-corrected chi connectivity index (χ1v) is 8.38. The van der Waals surface area contributed by atoms with Gasteiger partial charge in [-0.3, -0.25) is 9.59 Å². The number of hydrogen-bond acceptors (Lipinski definition) is 5. The molecule has 142 valence electrons. The van der Waals surface area contributed by atoms with Gasteiger partial charge in [0, 0.05) is 13.0 Å². The maximum absolute atomic E-state index is 12.2. The summed E-state index contributed by atoms with van der Waals surface area (Å²) in [5.74, 6) is -1.71. The minimum atomic E-state index is -1.16. The molecule has 2 atom stereocenters. The summed E-state index contributed by atoms with van der Waals surface area (Å²) in [5.41, 5.74) is 0.144. The standard InChI is InChI=1S/C18H24N2O6/c1-18(2,3)25-9-8-12(17(23)24)19-15(21)10-14-16(22)20-11-6-4-5-7-13(11)26-14/h4-7,12,14H,8-10H2,1-3H3,(H,19,21)(H,20,22)(H,23,24). The highest BCUT2D eigenvalue weighted by Crippen LogP contribution is 2.29. The Kier molecular flexibility index (Phi) is 6.20. The zero-order valence-electron chi connectivity index (χ0n) is 15.1. The predicted octanol–water partition coefficient (Wildman–Crippen LogP) is 1.55. The third-order valence-electron chi connectivity index (χ3n) is 3.65. The summed E-state index contributed by atoms with van der Waals surface area (Å²) in [4.78, 5) is 35.5. The van der Waals surface area contributed by atoms with Crippen LogP contribution >= 0.6 is 0 Å². The van der Waals surface area contributed by atoms with Crippen LogP contribution in [0.25, 0.3) is 0 Å². The van der Waals surface area contributed by atoms with Gasteiger partial charge in [0.25, 0.3) is 5.91 Å². The van der Waals surface area contributed by atoms with E-state index in [0.717, 1.165) is 0 Å². The van der Waals surface area contributed by atoms with Crippen LogP contribution in [0, 0.1) is 0 Å². The number of ether oxygens (including phenoxy) is 2. The van der Waals surface area contributed by atoms with Crippen molar-refractivity contribution in [3.05, 3.63) is 24.3 Å². The van der Waals surface area contributed by atoms with Crippen LogP contribution in [0.4, 0.5) is 5.69 Å². The number of nitrogens with one attached hydrogen (secondary N) is 2. The lowest BCUT2D eigenvalue weighted by Gasteiger charge is -2.26. The maximum atomic E-state index is 12.2. The number of carbonyl (C=O) groups excluding carboxylic acids is 2. The Balaban J connectivity index is 1.89. The molecule has 0 spiro atoms. The zero-order valence-corrected chi connectivity index (χ0v) is 15.1. The molecule has 1 aliphatic rings. The molecular weight excluding hydrogens is 340 g/mol. The van der Waals surface area contributed by atoms with E-state index in [0.29, 0.717) is 11.4 Å². The number of rotatable bonds is 7. The van der Waals surface area contributed by atoms with Crippen molar-refractivity contribution < 1.29 is 29.0 Å². The highest BCUT2D eigenvalue weighted by Gasteiger charge is 2.31. The summed E-state index contributed by atoms with van der Waals surface area (Å²) < 4.78 is 11.0. The SMILES string of the molecule is CC(C)(C)OCCC(NC(=O)CC1Oc2ccccc2NC1=O)C(=O)O. The quantitative estimate of drug-likeness (QED) is 0.676. The lowest BCUT2D eigenvalue weighted by atomic mass is 10.1. The summed E-state index contributed by atoms with van der Waals surface area (Å²) in [6, 6.07) is 5.79. The lowest BCUT2D eigenvalue weighted by Crippen LogP contribution is -2.46. The molecule has 0 saturated carbocycles. The van der Waals surface area contributed by atoms with Crippen molar-refractivity contribution in [2.24, 2.45) is 0 Å². The van der Waals surface area contributed by atoms with Gasteiger partial charge < -0.3 is 25.2 Å². The molecule has 0 radical (unpaired) electrons. The molecule has 3 N–H and O–H groups in total. The number of carboxylic acids is 1. The van der Waals surface area contributed by atoms with E-state index >= 15 is 0 Å². The van der Waals surface area contributed by atoms with Gasteiger partial charge in [-0.1, -0.05) is 12.1 Å². The average Bonchev–Trinajstić information content (AvgIpc) is 2.53. The minimum absolute atomic E-state index is 0.124. The van der Waals surface area contributed by atoms with Crippen molar-refractivity contribution >= 4 is 23.5 Å². The van der Waals surface area contributed by atoms with Crippen LogP contribution in [0.15, 0.2) is 24.3 Å². The normalized spacial score (nSPS) is 17.5. The van der Waals surface area contributed by atoms with Crippen LogP contribution in [0.2, 0.25) is 0 Å². The van der Waals surface area contributed by atoms with Crippen molar-refractivity contribution in [2.45, 2.75) is 51.4 Å². The van der Waals surface area contributed by atoms with Crippen LogP contribution in [0.3, 0.4) is 0 Å². The highest BCUT2D eigenvalue weighted by atomic mass is 16.5. The van der Waals surface area contributed by atoms with Crippen molar-refractivity contribution in [1.82, 2.24) is 5.32 Å². The summed E-state index contributed by atoms with van der Waals surface area (Å²) >= 11 is 0. The average molecular weight is 364 g/mol. The highest BCUT2D eigenvalue weighted by molar-refractivity contribution is 6.00.